The lowest BCUT2D eigenvalue weighted by Crippen LogP contribution is -2.47. The smallest absolute Gasteiger partial charge is 0.233 e. The average Bonchev–Trinajstić information content (AvgIpc) is 3.08. The summed E-state index contributed by atoms with van der Waals surface area (Å²) in [7, 11) is 2.11. The predicted molar refractivity (Wildman–Crippen MR) is 117 cm³/mol. The molecule has 0 fully saturated rings. The zero-order valence-electron chi connectivity index (χ0n) is 18.1. The zero-order chi connectivity index (χ0) is 20.9. The van der Waals surface area contributed by atoms with Gasteiger partial charge in [-0.05, 0) is 50.1 Å². The highest BCUT2D eigenvalue weighted by Crippen LogP contribution is 2.42. The van der Waals surface area contributed by atoms with E-state index in [0.29, 0.717) is 0 Å². The van der Waals surface area contributed by atoms with Crippen molar-refractivity contribution in [3.05, 3.63) is 41.6 Å². The number of carbonyl (C=O) groups is 2. The molecule has 0 bridgehead atoms. The highest BCUT2D eigenvalue weighted by Gasteiger charge is 2.37. The second-order valence-corrected chi connectivity index (χ2v) is 8.62. The van der Waals surface area contributed by atoms with E-state index in [-0.39, 0.29) is 29.7 Å². The van der Waals surface area contributed by atoms with Crippen LogP contribution < -0.4 is 0 Å². The van der Waals surface area contributed by atoms with Crippen LogP contribution in [0.15, 0.2) is 30.5 Å². The lowest BCUT2D eigenvalue weighted by atomic mass is 9.79. The van der Waals surface area contributed by atoms with E-state index in [1.165, 1.54) is 22.1 Å². The summed E-state index contributed by atoms with van der Waals surface area (Å²) in [6.07, 6.45) is 5.11. The number of amides is 1. The Labute approximate surface area is 173 Å². The third-order valence-electron chi connectivity index (χ3n) is 6.51. The lowest BCUT2D eigenvalue weighted by Gasteiger charge is -2.40. The predicted octanol–water partition coefficient (Wildman–Crippen LogP) is 3.68. The van der Waals surface area contributed by atoms with Crippen LogP contribution in [0.1, 0.15) is 43.6 Å². The Hall–Kier alpha value is -2.40. The molecule has 1 amide bonds. The molecule has 5 heteroatoms. The fourth-order valence-electron chi connectivity index (χ4n) is 4.94. The molecule has 29 heavy (non-hydrogen) atoms. The molecule has 1 aromatic carbocycles. The number of aromatic nitrogens is 1. The Bertz CT molecular complexity index is 997. The van der Waals surface area contributed by atoms with E-state index in [1.807, 2.05) is 55.5 Å². The maximum Gasteiger partial charge on any atom is 0.233 e. The van der Waals surface area contributed by atoms with Crippen molar-refractivity contribution in [3.8, 4) is 0 Å². The van der Waals surface area contributed by atoms with Crippen molar-refractivity contribution in [2.24, 2.45) is 11.8 Å². The van der Waals surface area contributed by atoms with Gasteiger partial charge in [-0.3, -0.25) is 19.1 Å². The van der Waals surface area contributed by atoms with Crippen LogP contribution in [-0.4, -0.2) is 58.9 Å². The Morgan fingerprint density at radius 3 is 2.59 bits per heavy atom. The van der Waals surface area contributed by atoms with Crippen molar-refractivity contribution in [1.29, 1.82) is 0 Å². The number of rotatable bonds is 4. The minimum Gasteiger partial charge on any atom is -0.343 e. The highest BCUT2D eigenvalue weighted by atomic mass is 16.2. The molecule has 0 spiro atoms. The van der Waals surface area contributed by atoms with Crippen molar-refractivity contribution < 1.29 is 9.59 Å². The Morgan fingerprint density at radius 2 is 1.93 bits per heavy atom. The first-order valence-corrected chi connectivity index (χ1v) is 10.8. The van der Waals surface area contributed by atoms with Crippen LogP contribution in [0, 0.1) is 11.8 Å². The van der Waals surface area contributed by atoms with Gasteiger partial charge in [0.2, 0.25) is 11.8 Å². The van der Waals surface area contributed by atoms with Gasteiger partial charge in [-0.2, -0.15) is 0 Å². The monoisotopic (exact) mass is 393 g/mol. The summed E-state index contributed by atoms with van der Waals surface area (Å²) < 4.78 is 1.83. The van der Waals surface area contributed by atoms with E-state index >= 15 is 0 Å². The van der Waals surface area contributed by atoms with E-state index < -0.39 is 0 Å². The quantitative estimate of drug-likeness (QED) is 0.796. The summed E-state index contributed by atoms with van der Waals surface area (Å²) in [5.41, 5.74) is 4.62. The number of carbonyl (C=O) groups excluding carboxylic acids is 2. The molecular weight excluding hydrogens is 362 g/mol. The Kier molecular flexibility index (Phi) is 5.11. The molecule has 0 radical (unpaired) electrons. The Morgan fingerprint density at radius 1 is 1.21 bits per heavy atom. The van der Waals surface area contributed by atoms with Crippen molar-refractivity contribution in [1.82, 2.24) is 14.4 Å². The molecule has 4 rings (SSSR count). The molecule has 2 aromatic rings. The van der Waals surface area contributed by atoms with Crippen LogP contribution >= 0.6 is 0 Å². The van der Waals surface area contributed by atoms with E-state index in [1.54, 1.807) is 0 Å². The maximum absolute atomic E-state index is 13.0. The summed E-state index contributed by atoms with van der Waals surface area (Å²) in [5.74, 6) is 0.156. The van der Waals surface area contributed by atoms with Crippen LogP contribution in [0.2, 0.25) is 0 Å². The maximum atomic E-state index is 13.0. The third-order valence-corrected chi connectivity index (χ3v) is 6.51. The molecule has 0 saturated heterocycles. The number of likely N-dealkylation sites (N-methyl/N-ethyl adjacent to an activating group) is 1. The topological polar surface area (TPSA) is 45.6 Å². The first kappa shape index (κ1) is 19.9. The molecule has 2 aliphatic rings. The Balaban J connectivity index is 1.84. The second kappa shape index (κ2) is 7.45. The van der Waals surface area contributed by atoms with Gasteiger partial charge in [-0.15, -0.1) is 0 Å². The van der Waals surface area contributed by atoms with Crippen molar-refractivity contribution in [2.75, 3.05) is 26.7 Å². The highest BCUT2D eigenvalue weighted by molar-refractivity contribution is 6.03. The van der Waals surface area contributed by atoms with Gasteiger partial charge in [0.15, 0.2) is 0 Å². The van der Waals surface area contributed by atoms with Gasteiger partial charge in [-0.1, -0.05) is 32.1 Å². The average molecular weight is 394 g/mol. The summed E-state index contributed by atoms with van der Waals surface area (Å²) in [6, 6.07) is 6.46. The standard InChI is InChI=1S/C24H31N3O2/c1-6-26(7-2)24(29)17-11-19-18-9-8-10-20-22(18)16(12-21(19)25(5)13-17)14-27(20)23(28)15(3)4/h8-11,14-15,17,21H,6-7,12-13H2,1-5H3/t17-,21-/m1/s1. The number of fused-ring (bicyclic) bond motifs is 2. The summed E-state index contributed by atoms with van der Waals surface area (Å²) in [5, 5.41) is 1.17. The van der Waals surface area contributed by atoms with Gasteiger partial charge < -0.3 is 4.90 Å². The van der Waals surface area contributed by atoms with Crippen molar-refractivity contribution >= 4 is 28.3 Å². The molecule has 0 saturated carbocycles. The van der Waals surface area contributed by atoms with Crippen LogP contribution in [0.4, 0.5) is 0 Å². The van der Waals surface area contributed by atoms with Crippen molar-refractivity contribution in [3.63, 3.8) is 0 Å². The first-order chi connectivity index (χ1) is 13.9. The molecule has 0 unspecified atom stereocenters. The lowest BCUT2D eigenvalue weighted by molar-refractivity contribution is -0.134. The first-order valence-electron chi connectivity index (χ1n) is 10.8. The van der Waals surface area contributed by atoms with Gasteiger partial charge in [-0.25, -0.2) is 0 Å². The minimum atomic E-state index is -0.123. The molecule has 1 aliphatic heterocycles. The van der Waals surface area contributed by atoms with Gasteiger partial charge in [0.05, 0.1) is 11.4 Å². The van der Waals surface area contributed by atoms with Crippen molar-refractivity contribution in [2.45, 2.75) is 40.2 Å². The van der Waals surface area contributed by atoms with E-state index in [2.05, 4.69) is 24.1 Å². The third kappa shape index (κ3) is 3.12. The second-order valence-electron chi connectivity index (χ2n) is 8.62. The number of nitrogens with zero attached hydrogens (tertiary/aromatic N) is 3. The number of hydrogen-bond donors (Lipinski definition) is 0. The van der Waals surface area contributed by atoms with E-state index in [4.69, 9.17) is 0 Å². The van der Waals surface area contributed by atoms with Gasteiger partial charge in [0.25, 0.3) is 0 Å². The normalized spacial score (nSPS) is 21.2. The van der Waals surface area contributed by atoms with E-state index in [9.17, 15) is 9.59 Å². The van der Waals surface area contributed by atoms with Crippen LogP contribution in [-0.2, 0) is 11.2 Å². The number of hydrogen-bond acceptors (Lipinski definition) is 3. The van der Waals surface area contributed by atoms with Gasteiger partial charge in [0.1, 0.15) is 0 Å². The van der Waals surface area contributed by atoms with E-state index in [0.717, 1.165) is 31.6 Å². The summed E-state index contributed by atoms with van der Waals surface area (Å²) in [4.78, 5) is 30.0. The van der Waals surface area contributed by atoms with Crippen LogP contribution in [0.25, 0.3) is 16.5 Å². The molecule has 2 atom stereocenters. The molecule has 154 valence electrons. The summed E-state index contributed by atoms with van der Waals surface area (Å²) in [6.45, 7) is 10.2. The molecule has 0 N–H and O–H groups in total. The molecule has 1 aromatic heterocycles. The fourth-order valence-corrected chi connectivity index (χ4v) is 4.94. The van der Waals surface area contributed by atoms with Gasteiger partial charge >= 0.3 is 0 Å². The molecule has 5 nitrogen and oxygen atoms in total. The molecular formula is C24H31N3O2. The molecule has 2 heterocycles. The summed E-state index contributed by atoms with van der Waals surface area (Å²) >= 11 is 0. The largest absolute Gasteiger partial charge is 0.343 e. The van der Waals surface area contributed by atoms with Crippen LogP contribution in [0.3, 0.4) is 0 Å². The van der Waals surface area contributed by atoms with Crippen LogP contribution in [0.5, 0.6) is 0 Å². The van der Waals surface area contributed by atoms with Gasteiger partial charge in [0, 0.05) is 43.2 Å². The minimum absolute atomic E-state index is 0.0527. The SMILES string of the molecule is CCN(CC)C(=O)[C@@H]1C=C2c3cccc4c3c(cn4C(=O)C(C)C)C[C@H]2N(C)C1. The number of benzene rings is 1. The zero-order valence-corrected chi connectivity index (χ0v) is 18.1. The molecule has 1 aliphatic carbocycles. The fraction of sp³-hybridized carbons (Fsp3) is 0.500.